The summed E-state index contributed by atoms with van der Waals surface area (Å²) in [6, 6.07) is 11.5. The SMILES string of the molecule is C[C@@H]1CN(c2nccc(-c3ccc4cnc(CNC(=O)c5ccc6c(c5)S(=O)(=O)[C@@H](C)COC6)cc4n3)c2F)C[C@H](C)O1. The summed E-state index contributed by atoms with van der Waals surface area (Å²) in [5.41, 5.74) is 2.68. The monoisotopic (exact) mass is 605 g/mol. The van der Waals surface area contributed by atoms with Crippen LogP contribution in [-0.2, 0) is 32.5 Å². The third-order valence-corrected chi connectivity index (χ3v) is 9.89. The van der Waals surface area contributed by atoms with Crippen molar-refractivity contribution in [2.45, 2.75) is 56.3 Å². The lowest BCUT2D eigenvalue weighted by Gasteiger charge is -2.36. The summed E-state index contributed by atoms with van der Waals surface area (Å²) in [4.78, 5) is 28.5. The van der Waals surface area contributed by atoms with Gasteiger partial charge in [-0.25, -0.2) is 22.8 Å². The second-order valence-electron chi connectivity index (χ2n) is 11.1. The number of hydrogen-bond acceptors (Lipinski definition) is 9. The molecule has 2 aliphatic heterocycles. The minimum Gasteiger partial charge on any atom is -0.375 e. The zero-order valence-electron chi connectivity index (χ0n) is 24.1. The number of carbonyl (C=O) groups excluding carboxylic acids is 1. The Hall–Kier alpha value is -4.00. The molecular weight excluding hydrogens is 573 g/mol. The van der Waals surface area contributed by atoms with E-state index in [1.54, 1.807) is 49.6 Å². The smallest absolute Gasteiger partial charge is 0.251 e. The molecule has 0 radical (unpaired) electrons. The minimum atomic E-state index is -3.61. The van der Waals surface area contributed by atoms with Crippen LogP contribution in [0.4, 0.5) is 10.2 Å². The van der Waals surface area contributed by atoms with Crippen molar-refractivity contribution in [1.82, 2.24) is 20.3 Å². The number of rotatable bonds is 5. The highest BCUT2D eigenvalue weighted by Gasteiger charge is 2.30. The molecule has 0 saturated carbocycles. The van der Waals surface area contributed by atoms with Crippen LogP contribution >= 0.6 is 0 Å². The normalized spacial score (nSPS) is 21.7. The molecule has 224 valence electrons. The van der Waals surface area contributed by atoms with Crippen LogP contribution in [-0.4, -0.2) is 66.4 Å². The summed E-state index contributed by atoms with van der Waals surface area (Å²) in [6.45, 7) is 6.95. The molecule has 1 fully saturated rings. The third kappa shape index (κ3) is 5.82. The number of anilines is 1. The zero-order valence-corrected chi connectivity index (χ0v) is 24.9. The molecule has 3 atom stereocenters. The lowest BCUT2D eigenvalue weighted by Crippen LogP contribution is -2.46. The summed E-state index contributed by atoms with van der Waals surface area (Å²) in [5.74, 6) is -0.606. The summed E-state index contributed by atoms with van der Waals surface area (Å²) < 4.78 is 52.8. The Morgan fingerprint density at radius 3 is 2.65 bits per heavy atom. The van der Waals surface area contributed by atoms with Crippen LogP contribution in [0.25, 0.3) is 22.2 Å². The number of ether oxygens (including phenoxy) is 2. The molecule has 1 aromatic carbocycles. The maximum atomic E-state index is 15.8. The molecule has 12 heteroatoms. The van der Waals surface area contributed by atoms with Crippen molar-refractivity contribution in [3.63, 3.8) is 0 Å². The molecule has 1 N–H and O–H groups in total. The van der Waals surface area contributed by atoms with Crippen molar-refractivity contribution < 1.29 is 27.1 Å². The molecule has 4 aromatic rings. The van der Waals surface area contributed by atoms with Gasteiger partial charge in [-0.2, -0.15) is 0 Å². The second kappa shape index (κ2) is 11.6. The number of nitrogens with zero attached hydrogens (tertiary/aromatic N) is 4. The molecule has 43 heavy (non-hydrogen) atoms. The number of sulfone groups is 1. The maximum Gasteiger partial charge on any atom is 0.251 e. The van der Waals surface area contributed by atoms with Crippen LogP contribution in [0.1, 0.15) is 42.4 Å². The van der Waals surface area contributed by atoms with Gasteiger partial charge in [0, 0.05) is 42.0 Å². The first-order chi connectivity index (χ1) is 20.6. The van der Waals surface area contributed by atoms with Gasteiger partial charge < -0.3 is 19.7 Å². The minimum absolute atomic E-state index is 0.0399. The van der Waals surface area contributed by atoms with Gasteiger partial charge >= 0.3 is 0 Å². The first kappa shape index (κ1) is 29.1. The fraction of sp³-hybridized carbons (Fsp3) is 0.355. The van der Waals surface area contributed by atoms with Gasteiger partial charge in [-0.1, -0.05) is 6.07 Å². The Labute approximate surface area is 249 Å². The van der Waals surface area contributed by atoms with Crippen molar-refractivity contribution >= 4 is 32.5 Å². The molecular formula is C31H32FN5O5S. The molecule has 5 heterocycles. The van der Waals surface area contributed by atoms with Crippen LogP contribution in [0.15, 0.2) is 59.8 Å². The molecule has 1 saturated heterocycles. The largest absolute Gasteiger partial charge is 0.375 e. The van der Waals surface area contributed by atoms with E-state index in [9.17, 15) is 13.2 Å². The van der Waals surface area contributed by atoms with Crippen LogP contribution in [0.5, 0.6) is 0 Å². The van der Waals surface area contributed by atoms with Crippen molar-refractivity contribution in [2.24, 2.45) is 0 Å². The van der Waals surface area contributed by atoms with Crippen LogP contribution in [0, 0.1) is 5.82 Å². The van der Waals surface area contributed by atoms with Gasteiger partial charge in [0.15, 0.2) is 21.5 Å². The first-order valence-electron chi connectivity index (χ1n) is 14.1. The van der Waals surface area contributed by atoms with Gasteiger partial charge in [0.25, 0.3) is 5.91 Å². The quantitative estimate of drug-likeness (QED) is 0.359. The summed E-state index contributed by atoms with van der Waals surface area (Å²) in [5, 5.41) is 2.87. The van der Waals surface area contributed by atoms with Gasteiger partial charge in [0.05, 0.1) is 59.0 Å². The Kier molecular flexibility index (Phi) is 7.84. The first-order valence-corrected chi connectivity index (χ1v) is 15.7. The molecule has 2 aliphatic rings. The number of amides is 1. The van der Waals surface area contributed by atoms with E-state index in [4.69, 9.17) is 14.5 Å². The van der Waals surface area contributed by atoms with Gasteiger partial charge in [-0.05, 0) is 62.7 Å². The Morgan fingerprint density at radius 2 is 1.86 bits per heavy atom. The predicted octanol–water partition coefficient (Wildman–Crippen LogP) is 4.07. The molecule has 3 aromatic heterocycles. The zero-order chi connectivity index (χ0) is 30.3. The summed E-state index contributed by atoms with van der Waals surface area (Å²) in [6.07, 6.45) is 3.15. The Balaban J connectivity index is 1.22. The van der Waals surface area contributed by atoms with Crippen LogP contribution in [0.3, 0.4) is 0 Å². The predicted molar refractivity (Wildman–Crippen MR) is 159 cm³/mol. The van der Waals surface area contributed by atoms with Gasteiger partial charge in [0.2, 0.25) is 0 Å². The van der Waals surface area contributed by atoms with Crippen LogP contribution in [0.2, 0.25) is 0 Å². The second-order valence-corrected chi connectivity index (χ2v) is 13.4. The summed E-state index contributed by atoms with van der Waals surface area (Å²) >= 11 is 0. The maximum absolute atomic E-state index is 15.8. The molecule has 0 unspecified atom stereocenters. The van der Waals surface area contributed by atoms with Crippen molar-refractivity contribution in [1.29, 1.82) is 0 Å². The number of morpholine rings is 1. The Morgan fingerprint density at radius 1 is 1.07 bits per heavy atom. The topological polar surface area (TPSA) is 124 Å². The molecule has 10 nitrogen and oxygen atoms in total. The van der Waals surface area contributed by atoms with Crippen molar-refractivity contribution in [2.75, 3.05) is 24.6 Å². The van der Waals surface area contributed by atoms with Gasteiger partial charge in [-0.3, -0.25) is 9.78 Å². The van der Waals surface area contributed by atoms with Crippen molar-refractivity contribution in [3.8, 4) is 11.3 Å². The fourth-order valence-electron chi connectivity index (χ4n) is 5.50. The number of pyridine rings is 3. The molecule has 0 spiro atoms. The fourth-order valence-corrected chi connectivity index (χ4v) is 6.99. The van der Waals surface area contributed by atoms with E-state index in [1.807, 2.05) is 24.8 Å². The average Bonchev–Trinajstić information content (AvgIpc) is 3.09. The molecule has 0 aliphatic carbocycles. The summed E-state index contributed by atoms with van der Waals surface area (Å²) in [7, 11) is -3.61. The van der Waals surface area contributed by atoms with E-state index >= 15 is 4.39 Å². The third-order valence-electron chi connectivity index (χ3n) is 7.70. The number of hydrogen-bond donors (Lipinski definition) is 1. The van der Waals surface area contributed by atoms with E-state index in [0.717, 1.165) is 5.39 Å². The van der Waals surface area contributed by atoms with E-state index in [-0.39, 0.29) is 48.2 Å². The van der Waals surface area contributed by atoms with E-state index in [0.29, 0.717) is 41.1 Å². The highest BCUT2D eigenvalue weighted by molar-refractivity contribution is 7.92. The Bertz CT molecular complexity index is 1810. The van der Waals surface area contributed by atoms with Crippen molar-refractivity contribution in [3.05, 3.63) is 77.5 Å². The van der Waals surface area contributed by atoms with Gasteiger partial charge in [-0.15, -0.1) is 0 Å². The number of nitrogens with one attached hydrogen (secondary N) is 1. The van der Waals surface area contributed by atoms with Crippen LogP contribution < -0.4 is 10.2 Å². The molecule has 1 amide bonds. The number of carbonyl (C=O) groups is 1. The molecule has 6 rings (SSSR count). The van der Waals surface area contributed by atoms with Gasteiger partial charge in [0.1, 0.15) is 0 Å². The number of benzene rings is 1. The highest BCUT2D eigenvalue weighted by atomic mass is 32.2. The number of aromatic nitrogens is 3. The molecule has 0 bridgehead atoms. The highest BCUT2D eigenvalue weighted by Crippen LogP contribution is 2.30. The number of halogens is 1. The van der Waals surface area contributed by atoms with E-state index in [2.05, 4.69) is 15.3 Å². The van der Waals surface area contributed by atoms with E-state index < -0.39 is 26.8 Å². The number of fused-ring (bicyclic) bond motifs is 2. The lowest BCUT2D eigenvalue weighted by atomic mass is 10.1. The van der Waals surface area contributed by atoms with E-state index in [1.165, 1.54) is 6.07 Å². The lowest BCUT2D eigenvalue weighted by molar-refractivity contribution is -0.00564. The average molecular weight is 606 g/mol. The standard InChI is InChI=1S/C31H32FN5O5S/c1-18-14-37(15-19(2)42-18)30-29(32)25(8-9-33-30)26-7-6-22-12-34-24(11-27(22)36-26)13-35-31(38)21-4-5-23-17-41-16-20(3)43(39,40)28(23)10-21/h4-12,18-20H,13-17H2,1-3H3,(H,35,38)/t18-,19+,20-/m0/s1.